The quantitative estimate of drug-likeness (QED) is 0.383. The Morgan fingerprint density at radius 2 is 1.84 bits per heavy atom. The van der Waals surface area contributed by atoms with Crippen molar-refractivity contribution in [2.45, 2.75) is 65.0 Å². The number of carbonyl (C=O) groups is 2. The molecule has 2 aromatic carbocycles. The third-order valence-electron chi connectivity index (χ3n) is 7.37. The van der Waals surface area contributed by atoms with Gasteiger partial charge in [-0.1, -0.05) is 50.6 Å². The first-order chi connectivity index (χ1) is 17.6. The monoisotopic (exact) mass is 515 g/mol. The van der Waals surface area contributed by atoms with E-state index in [0.29, 0.717) is 17.0 Å². The minimum absolute atomic E-state index is 0.00101. The van der Waals surface area contributed by atoms with Crippen LogP contribution in [0.3, 0.4) is 0 Å². The lowest BCUT2D eigenvalue weighted by Crippen LogP contribution is -2.50. The Morgan fingerprint density at radius 1 is 1.08 bits per heavy atom. The molecule has 1 aliphatic carbocycles. The lowest BCUT2D eigenvalue weighted by atomic mass is 9.90. The minimum atomic E-state index is 0.00101. The summed E-state index contributed by atoms with van der Waals surface area (Å²) in [4.78, 5) is 32.8. The molecular weight excluding hydrogens is 482 g/mol. The average molecular weight is 516 g/mol. The SMILES string of the molecule is CC(=O)N[C@@H]1CC[C@H]2c3cc(C(=O)Cc4ccc(Cl)cc4)cc(-c4ccccn4)c3N(CC(C)(C)C)[C@@H]12. The van der Waals surface area contributed by atoms with Crippen LogP contribution < -0.4 is 10.2 Å². The zero-order valence-corrected chi connectivity index (χ0v) is 22.7. The lowest BCUT2D eigenvalue weighted by molar-refractivity contribution is -0.119. The highest BCUT2D eigenvalue weighted by Gasteiger charge is 2.49. The smallest absolute Gasteiger partial charge is 0.217 e. The number of Topliss-reactive ketones (excluding diaryl/α,β-unsaturated/α-hetero) is 1. The number of nitrogens with zero attached hydrogens (tertiary/aromatic N) is 2. The molecule has 1 saturated carbocycles. The molecule has 0 spiro atoms. The van der Waals surface area contributed by atoms with Crippen molar-refractivity contribution in [3.8, 4) is 11.3 Å². The minimum Gasteiger partial charge on any atom is -0.365 e. The summed E-state index contributed by atoms with van der Waals surface area (Å²) in [5.74, 6) is 0.325. The molecular formula is C31H34ClN3O2. The molecule has 5 nitrogen and oxygen atoms in total. The first-order valence-corrected chi connectivity index (χ1v) is 13.4. The van der Waals surface area contributed by atoms with Gasteiger partial charge in [0.1, 0.15) is 0 Å². The van der Waals surface area contributed by atoms with Gasteiger partial charge in [0.05, 0.1) is 17.4 Å². The van der Waals surface area contributed by atoms with E-state index in [1.165, 1.54) is 5.56 Å². The Morgan fingerprint density at radius 3 is 2.49 bits per heavy atom. The number of amides is 1. The summed E-state index contributed by atoms with van der Waals surface area (Å²) < 4.78 is 0. The van der Waals surface area contributed by atoms with Gasteiger partial charge in [-0.2, -0.15) is 0 Å². The average Bonchev–Trinajstić information content (AvgIpc) is 3.38. The van der Waals surface area contributed by atoms with E-state index < -0.39 is 0 Å². The number of fused-ring (bicyclic) bond motifs is 3. The van der Waals surface area contributed by atoms with Crippen LogP contribution in [0.25, 0.3) is 11.3 Å². The molecule has 3 aromatic rings. The van der Waals surface area contributed by atoms with E-state index in [1.807, 2.05) is 48.5 Å². The molecule has 0 bridgehead atoms. The largest absolute Gasteiger partial charge is 0.365 e. The van der Waals surface area contributed by atoms with Crippen molar-refractivity contribution < 1.29 is 9.59 Å². The highest BCUT2D eigenvalue weighted by atomic mass is 35.5. The van der Waals surface area contributed by atoms with Gasteiger partial charge >= 0.3 is 0 Å². The van der Waals surface area contributed by atoms with Crippen molar-refractivity contribution in [3.63, 3.8) is 0 Å². The molecule has 1 aliphatic heterocycles. The van der Waals surface area contributed by atoms with Crippen molar-refractivity contribution in [1.82, 2.24) is 10.3 Å². The maximum absolute atomic E-state index is 13.6. The summed E-state index contributed by atoms with van der Waals surface area (Å²) in [6.45, 7) is 9.16. The van der Waals surface area contributed by atoms with Crippen molar-refractivity contribution in [3.05, 3.63) is 82.5 Å². The van der Waals surface area contributed by atoms with E-state index in [0.717, 1.165) is 41.9 Å². The van der Waals surface area contributed by atoms with Crippen LogP contribution in [0.1, 0.15) is 67.9 Å². The second-order valence-electron chi connectivity index (χ2n) is 11.6. The zero-order chi connectivity index (χ0) is 26.3. The maximum atomic E-state index is 13.6. The number of anilines is 1. The van der Waals surface area contributed by atoms with E-state index >= 15 is 0 Å². The fraction of sp³-hybridized carbons (Fsp3) is 0.387. The van der Waals surface area contributed by atoms with Crippen LogP contribution in [0, 0.1) is 5.41 Å². The molecule has 3 atom stereocenters. The van der Waals surface area contributed by atoms with Crippen molar-refractivity contribution in [2.24, 2.45) is 5.41 Å². The fourth-order valence-electron chi connectivity index (χ4n) is 6.05. The zero-order valence-electron chi connectivity index (χ0n) is 21.9. The number of hydrogen-bond donors (Lipinski definition) is 1. The fourth-order valence-corrected chi connectivity index (χ4v) is 6.17. The summed E-state index contributed by atoms with van der Waals surface area (Å²) in [5.41, 5.74) is 5.88. The van der Waals surface area contributed by atoms with E-state index in [2.05, 4.69) is 37.1 Å². The van der Waals surface area contributed by atoms with Crippen molar-refractivity contribution >= 4 is 29.0 Å². The van der Waals surface area contributed by atoms with Crippen LogP contribution in [-0.4, -0.2) is 35.3 Å². The van der Waals surface area contributed by atoms with E-state index in [-0.39, 0.29) is 35.1 Å². The van der Waals surface area contributed by atoms with Crippen molar-refractivity contribution in [1.29, 1.82) is 0 Å². The number of rotatable bonds is 6. The third kappa shape index (κ3) is 5.28. The predicted octanol–water partition coefficient (Wildman–Crippen LogP) is 6.44. The molecule has 0 saturated heterocycles. The van der Waals surface area contributed by atoms with Crippen LogP contribution in [0.2, 0.25) is 5.02 Å². The molecule has 1 fully saturated rings. The summed E-state index contributed by atoms with van der Waals surface area (Å²) in [7, 11) is 0. The van der Waals surface area contributed by atoms with Crippen LogP contribution >= 0.6 is 11.6 Å². The Hall–Kier alpha value is -3.18. The molecule has 1 N–H and O–H groups in total. The van der Waals surface area contributed by atoms with Gasteiger partial charge in [-0.3, -0.25) is 14.6 Å². The number of hydrogen-bond acceptors (Lipinski definition) is 4. The standard InChI is InChI=1S/C31H34ClN3O2/c1-19(36)34-27-13-12-23-24-16-21(28(37)15-20-8-10-22(32)11-9-20)17-25(26-7-5-6-14-33-26)29(24)35(30(23)27)18-31(2,3)4/h5-11,14,16-17,23,27,30H,12-13,15,18H2,1-4H3,(H,34,36)/t23-,27+,30+/m0/s1. The van der Waals surface area contributed by atoms with Gasteiger partial charge < -0.3 is 10.2 Å². The van der Waals surface area contributed by atoms with Gasteiger partial charge in [0.15, 0.2) is 5.78 Å². The summed E-state index contributed by atoms with van der Waals surface area (Å²) in [6.07, 6.45) is 4.01. The molecule has 2 heterocycles. The van der Waals surface area contributed by atoms with Crippen LogP contribution in [-0.2, 0) is 11.2 Å². The lowest BCUT2D eigenvalue weighted by Gasteiger charge is -2.37. The first kappa shape index (κ1) is 25.5. The van der Waals surface area contributed by atoms with Crippen LogP contribution in [0.5, 0.6) is 0 Å². The summed E-state index contributed by atoms with van der Waals surface area (Å²) >= 11 is 6.05. The number of halogens is 1. The molecule has 5 rings (SSSR count). The Kier molecular flexibility index (Phi) is 6.84. The van der Waals surface area contributed by atoms with Crippen LogP contribution in [0.4, 0.5) is 5.69 Å². The van der Waals surface area contributed by atoms with Gasteiger partial charge in [0.25, 0.3) is 0 Å². The molecule has 37 heavy (non-hydrogen) atoms. The van der Waals surface area contributed by atoms with Gasteiger partial charge in [-0.05, 0) is 65.8 Å². The first-order valence-electron chi connectivity index (χ1n) is 13.0. The molecule has 6 heteroatoms. The number of ketones is 1. The van der Waals surface area contributed by atoms with Crippen molar-refractivity contribution in [2.75, 3.05) is 11.4 Å². The second kappa shape index (κ2) is 9.94. The maximum Gasteiger partial charge on any atom is 0.217 e. The molecule has 0 unspecified atom stereocenters. The van der Waals surface area contributed by atoms with E-state index in [9.17, 15) is 9.59 Å². The molecule has 1 amide bonds. The number of carbonyl (C=O) groups excluding carboxylic acids is 2. The van der Waals surface area contributed by atoms with Gasteiger partial charge in [-0.25, -0.2) is 0 Å². The van der Waals surface area contributed by atoms with E-state index in [1.54, 1.807) is 13.1 Å². The highest BCUT2D eigenvalue weighted by molar-refractivity contribution is 6.30. The summed E-state index contributed by atoms with van der Waals surface area (Å²) in [6, 6.07) is 17.7. The van der Waals surface area contributed by atoms with Crippen LogP contribution in [0.15, 0.2) is 60.8 Å². The summed E-state index contributed by atoms with van der Waals surface area (Å²) in [5, 5.41) is 3.88. The number of pyridine rings is 1. The van der Waals surface area contributed by atoms with Gasteiger partial charge in [-0.15, -0.1) is 0 Å². The van der Waals surface area contributed by atoms with Gasteiger partial charge in [0, 0.05) is 54.2 Å². The molecule has 0 radical (unpaired) electrons. The highest BCUT2D eigenvalue weighted by Crippen LogP contribution is 2.53. The molecule has 192 valence electrons. The Balaban J connectivity index is 1.63. The predicted molar refractivity (Wildman–Crippen MR) is 149 cm³/mol. The normalized spacial score (nSPS) is 20.5. The second-order valence-corrected chi connectivity index (χ2v) is 12.0. The number of nitrogens with one attached hydrogen (secondary N) is 1. The Labute approximate surface area is 224 Å². The third-order valence-corrected chi connectivity index (χ3v) is 7.63. The Bertz CT molecular complexity index is 1310. The molecule has 1 aromatic heterocycles. The number of benzene rings is 2. The molecule has 2 aliphatic rings. The topological polar surface area (TPSA) is 62.3 Å². The number of aromatic nitrogens is 1. The van der Waals surface area contributed by atoms with Gasteiger partial charge in [0.2, 0.25) is 5.91 Å². The van der Waals surface area contributed by atoms with E-state index in [4.69, 9.17) is 16.6 Å².